The molecule has 0 bridgehead atoms. The molecule has 0 aliphatic rings. The first-order valence-electron chi connectivity index (χ1n) is 14.6. The fraction of sp³-hybridized carbons (Fsp3) is 0.412. The molecule has 2 N–H and O–H groups in total. The van der Waals surface area contributed by atoms with Crippen LogP contribution in [0.4, 0.5) is 0 Å². The summed E-state index contributed by atoms with van der Waals surface area (Å²) in [6.45, 7) is 10.2. The number of imidazole rings is 2. The Bertz CT molecular complexity index is 1520. The average molecular weight is 569 g/mol. The molecule has 8 nitrogen and oxygen atoms in total. The lowest BCUT2D eigenvalue weighted by atomic mass is 10.0. The Balaban J connectivity index is 1.25. The van der Waals surface area contributed by atoms with Gasteiger partial charge in [0.2, 0.25) is 0 Å². The molecular formula is C34H44N6O2. The van der Waals surface area contributed by atoms with E-state index in [-0.39, 0.29) is 11.1 Å². The van der Waals surface area contributed by atoms with Crippen LogP contribution in [-0.4, -0.2) is 82.2 Å². The van der Waals surface area contributed by atoms with Crippen molar-refractivity contribution in [2.75, 3.05) is 41.4 Å². The van der Waals surface area contributed by atoms with E-state index in [9.17, 15) is 0 Å². The standard InChI is InChI=1S/C34H44N6O2/c1-33(2,39(5)6)17-19-41-25-13-15-27-29(21-25)37-31(35-27)23-9-11-24(12-10-23)32-36-28-16-14-26(22-30(28)38-32)42-20-18-34(3,4)40(7)8/h9-16,21-22H,17-20H2,1-8H3,(H,35,37)(H,36,38). The predicted molar refractivity (Wildman–Crippen MR) is 172 cm³/mol. The molecule has 0 spiro atoms. The van der Waals surface area contributed by atoms with E-state index < -0.39 is 0 Å². The third-order valence-corrected chi connectivity index (χ3v) is 8.72. The number of rotatable bonds is 12. The summed E-state index contributed by atoms with van der Waals surface area (Å²) < 4.78 is 12.1. The lowest BCUT2D eigenvalue weighted by Crippen LogP contribution is -2.39. The molecule has 3 aromatic carbocycles. The third kappa shape index (κ3) is 6.61. The second-order valence-electron chi connectivity index (χ2n) is 12.7. The second kappa shape index (κ2) is 11.8. The van der Waals surface area contributed by atoms with Crippen LogP contribution in [0.15, 0.2) is 60.7 Å². The van der Waals surface area contributed by atoms with Gasteiger partial charge in [0.15, 0.2) is 0 Å². The maximum Gasteiger partial charge on any atom is 0.138 e. The zero-order valence-corrected chi connectivity index (χ0v) is 26.2. The Labute approximate surface area is 249 Å². The van der Waals surface area contributed by atoms with Crippen LogP contribution in [0.3, 0.4) is 0 Å². The van der Waals surface area contributed by atoms with E-state index in [0.29, 0.717) is 13.2 Å². The van der Waals surface area contributed by atoms with Gasteiger partial charge in [-0.1, -0.05) is 24.3 Å². The largest absolute Gasteiger partial charge is 0.493 e. The summed E-state index contributed by atoms with van der Waals surface area (Å²) in [5.74, 6) is 3.34. The molecule has 2 aromatic heterocycles. The van der Waals surface area contributed by atoms with E-state index >= 15 is 0 Å². The number of hydrogen-bond donors (Lipinski definition) is 2. The normalized spacial score (nSPS) is 12.6. The van der Waals surface area contributed by atoms with Crippen LogP contribution in [0.5, 0.6) is 11.5 Å². The number of ether oxygens (including phenoxy) is 2. The molecule has 0 radical (unpaired) electrons. The van der Waals surface area contributed by atoms with Gasteiger partial charge in [0.05, 0.1) is 35.3 Å². The summed E-state index contributed by atoms with van der Waals surface area (Å²) in [6, 6.07) is 20.3. The van der Waals surface area contributed by atoms with Crippen LogP contribution < -0.4 is 9.47 Å². The van der Waals surface area contributed by atoms with Crippen molar-refractivity contribution in [3.8, 4) is 34.3 Å². The molecule has 5 rings (SSSR count). The quantitative estimate of drug-likeness (QED) is 0.169. The van der Waals surface area contributed by atoms with Crippen molar-refractivity contribution in [3.05, 3.63) is 60.7 Å². The molecule has 0 fully saturated rings. The second-order valence-corrected chi connectivity index (χ2v) is 12.7. The fourth-order valence-corrected chi connectivity index (χ4v) is 4.50. The van der Waals surface area contributed by atoms with Crippen molar-refractivity contribution in [1.29, 1.82) is 0 Å². The van der Waals surface area contributed by atoms with E-state index in [0.717, 1.165) is 69.2 Å². The molecule has 222 valence electrons. The van der Waals surface area contributed by atoms with Crippen molar-refractivity contribution in [2.24, 2.45) is 0 Å². The minimum atomic E-state index is 0.0838. The predicted octanol–water partition coefficient (Wildman–Crippen LogP) is 6.99. The van der Waals surface area contributed by atoms with Gasteiger partial charge in [0.25, 0.3) is 0 Å². The summed E-state index contributed by atoms with van der Waals surface area (Å²) in [5, 5.41) is 0. The van der Waals surface area contributed by atoms with Crippen LogP contribution >= 0.6 is 0 Å². The number of nitrogens with zero attached hydrogens (tertiary/aromatic N) is 4. The molecule has 8 heteroatoms. The van der Waals surface area contributed by atoms with Crippen LogP contribution in [0.1, 0.15) is 40.5 Å². The maximum absolute atomic E-state index is 6.06. The highest BCUT2D eigenvalue weighted by molar-refractivity contribution is 5.82. The molecular weight excluding hydrogens is 524 g/mol. The van der Waals surface area contributed by atoms with Gasteiger partial charge in [-0.05, 0) is 93.0 Å². The van der Waals surface area contributed by atoms with Crippen molar-refractivity contribution < 1.29 is 9.47 Å². The van der Waals surface area contributed by atoms with Gasteiger partial charge in [-0.2, -0.15) is 0 Å². The molecule has 0 aliphatic heterocycles. The third-order valence-electron chi connectivity index (χ3n) is 8.72. The zero-order valence-electron chi connectivity index (χ0n) is 26.2. The van der Waals surface area contributed by atoms with E-state index in [1.165, 1.54) is 0 Å². The van der Waals surface area contributed by atoms with Gasteiger partial charge in [0, 0.05) is 34.3 Å². The number of H-pyrrole nitrogens is 2. The van der Waals surface area contributed by atoms with Crippen molar-refractivity contribution in [1.82, 2.24) is 29.7 Å². The Hall–Kier alpha value is -3.88. The molecule has 0 unspecified atom stereocenters. The number of aromatic amines is 2. The number of hydrogen-bond acceptors (Lipinski definition) is 6. The maximum atomic E-state index is 6.06. The Morgan fingerprint density at radius 3 is 1.33 bits per heavy atom. The smallest absolute Gasteiger partial charge is 0.138 e. The first-order chi connectivity index (χ1) is 19.9. The number of benzene rings is 3. The molecule has 0 amide bonds. The topological polar surface area (TPSA) is 82.3 Å². The highest BCUT2D eigenvalue weighted by Gasteiger charge is 2.21. The Morgan fingerprint density at radius 2 is 0.976 bits per heavy atom. The van der Waals surface area contributed by atoms with Gasteiger partial charge in [-0.3, -0.25) is 0 Å². The lowest BCUT2D eigenvalue weighted by Gasteiger charge is -2.32. The van der Waals surface area contributed by atoms with E-state index in [4.69, 9.17) is 19.4 Å². The van der Waals surface area contributed by atoms with Crippen LogP contribution in [0.2, 0.25) is 0 Å². The van der Waals surface area contributed by atoms with Gasteiger partial charge >= 0.3 is 0 Å². The Kier molecular flexibility index (Phi) is 8.30. The van der Waals surface area contributed by atoms with Crippen LogP contribution in [0.25, 0.3) is 44.8 Å². The van der Waals surface area contributed by atoms with E-state index in [2.05, 4.69) is 99.9 Å². The first kappa shape index (κ1) is 29.6. The highest BCUT2D eigenvalue weighted by atomic mass is 16.5. The van der Waals surface area contributed by atoms with Crippen molar-refractivity contribution in [2.45, 2.75) is 51.6 Å². The lowest BCUT2D eigenvalue weighted by molar-refractivity contribution is 0.150. The van der Waals surface area contributed by atoms with Gasteiger partial charge < -0.3 is 29.2 Å². The first-order valence-corrected chi connectivity index (χ1v) is 14.6. The van der Waals surface area contributed by atoms with Gasteiger partial charge in [-0.25, -0.2) is 9.97 Å². The van der Waals surface area contributed by atoms with Crippen LogP contribution in [-0.2, 0) is 0 Å². The van der Waals surface area contributed by atoms with Crippen molar-refractivity contribution in [3.63, 3.8) is 0 Å². The Morgan fingerprint density at radius 1 is 0.595 bits per heavy atom. The molecule has 5 aromatic rings. The monoisotopic (exact) mass is 568 g/mol. The average Bonchev–Trinajstić information content (AvgIpc) is 3.56. The van der Waals surface area contributed by atoms with E-state index in [1.807, 2.05) is 36.4 Å². The SMILES string of the molecule is CN(C)C(C)(C)CCOc1ccc2nc(-c3ccc(-c4nc5ccc(OCCC(C)(C)N(C)C)cc5[nH]4)cc3)[nH]c2c1. The minimum absolute atomic E-state index is 0.0838. The van der Waals surface area contributed by atoms with Gasteiger partial charge in [0.1, 0.15) is 23.1 Å². The molecule has 0 atom stereocenters. The fourth-order valence-electron chi connectivity index (χ4n) is 4.50. The van der Waals surface area contributed by atoms with Gasteiger partial charge in [-0.15, -0.1) is 0 Å². The highest BCUT2D eigenvalue weighted by Crippen LogP contribution is 2.28. The van der Waals surface area contributed by atoms with E-state index in [1.54, 1.807) is 0 Å². The summed E-state index contributed by atoms with van der Waals surface area (Å²) in [5.41, 5.74) is 5.93. The van der Waals surface area contributed by atoms with Crippen molar-refractivity contribution >= 4 is 22.1 Å². The number of aromatic nitrogens is 4. The molecule has 2 heterocycles. The summed E-state index contributed by atoms with van der Waals surface area (Å²) >= 11 is 0. The summed E-state index contributed by atoms with van der Waals surface area (Å²) in [7, 11) is 8.40. The summed E-state index contributed by atoms with van der Waals surface area (Å²) in [4.78, 5) is 21.0. The molecule has 42 heavy (non-hydrogen) atoms. The molecule has 0 saturated heterocycles. The number of nitrogens with one attached hydrogen (secondary N) is 2. The number of fused-ring (bicyclic) bond motifs is 2. The van der Waals surface area contributed by atoms with Crippen LogP contribution in [0, 0.1) is 0 Å². The minimum Gasteiger partial charge on any atom is -0.493 e. The zero-order chi connectivity index (χ0) is 30.1. The summed E-state index contributed by atoms with van der Waals surface area (Å²) in [6.07, 6.45) is 1.88. The molecule has 0 aliphatic carbocycles. The molecule has 0 saturated carbocycles.